The van der Waals surface area contributed by atoms with Gasteiger partial charge in [-0.15, -0.1) is 0 Å². The monoisotopic (exact) mass is 228 g/mol. The van der Waals surface area contributed by atoms with E-state index in [0.29, 0.717) is 32.2 Å². The van der Waals surface area contributed by atoms with Crippen LogP contribution in [0.1, 0.15) is 38.5 Å². The number of nitrogens with two attached hydrogens (primary N) is 1. The highest BCUT2D eigenvalue weighted by atomic mass is 16.4. The summed E-state index contributed by atoms with van der Waals surface area (Å²) < 4.78 is 0. The first kappa shape index (κ1) is 13.0. The normalized spacial score (nSPS) is 25.1. The van der Waals surface area contributed by atoms with Gasteiger partial charge in [0.05, 0.1) is 5.92 Å². The van der Waals surface area contributed by atoms with E-state index in [2.05, 4.69) is 5.32 Å². The molecule has 0 unspecified atom stereocenters. The maximum absolute atomic E-state index is 11.4. The minimum atomic E-state index is -0.715. The molecular formula is C11H20N2O3. The molecule has 0 heterocycles. The Morgan fingerprint density at radius 2 is 1.88 bits per heavy atom. The molecular weight excluding hydrogens is 208 g/mol. The van der Waals surface area contributed by atoms with Gasteiger partial charge in [-0.05, 0) is 38.6 Å². The van der Waals surface area contributed by atoms with Crippen LogP contribution in [-0.4, -0.2) is 29.6 Å². The summed E-state index contributed by atoms with van der Waals surface area (Å²) in [6, 6.07) is 0.154. The Morgan fingerprint density at radius 1 is 1.25 bits per heavy atom. The van der Waals surface area contributed by atoms with Gasteiger partial charge in [0.2, 0.25) is 5.91 Å². The van der Waals surface area contributed by atoms with Gasteiger partial charge in [0.25, 0.3) is 0 Å². The molecule has 0 aromatic heterocycles. The van der Waals surface area contributed by atoms with Gasteiger partial charge in [0, 0.05) is 12.5 Å². The molecule has 1 saturated carbocycles. The van der Waals surface area contributed by atoms with Crippen LogP contribution in [0.15, 0.2) is 0 Å². The van der Waals surface area contributed by atoms with Crippen LogP contribution in [0.2, 0.25) is 0 Å². The van der Waals surface area contributed by atoms with E-state index < -0.39 is 5.97 Å². The Hall–Kier alpha value is -1.10. The predicted octanol–water partition coefficient (Wildman–Crippen LogP) is 0.485. The summed E-state index contributed by atoms with van der Waals surface area (Å²) in [5.41, 5.74) is 5.32. The number of hydrogen-bond acceptors (Lipinski definition) is 3. The molecule has 0 saturated heterocycles. The van der Waals surface area contributed by atoms with Crippen LogP contribution in [0.5, 0.6) is 0 Å². The third kappa shape index (κ3) is 4.18. The number of amides is 1. The molecule has 0 bridgehead atoms. The van der Waals surface area contributed by atoms with E-state index in [-0.39, 0.29) is 17.9 Å². The van der Waals surface area contributed by atoms with Crippen LogP contribution >= 0.6 is 0 Å². The lowest BCUT2D eigenvalue weighted by Gasteiger charge is -2.26. The van der Waals surface area contributed by atoms with E-state index in [0.717, 1.165) is 12.8 Å². The molecule has 5 nitrogen and oxygen atoms in total. The molecule has 1 amide bonds. The van der Waals surface area contributed by atoms with E-state index in [9.17, 15) is 9.59 Å². The number of nitrogens with one attached hydrogen (secondary N) is 1. The fourth-order valence-electron chi connectivity index (χ4n) is 2.05. The van der Waals surface area contributed by atoms with Crippen molar-refractivity contribution in [1.82, 2.24) is 5.32 Å². The minimum Gasteiger partial charge on any atom is -0.481 e. The standard InChI is InChI=1S/C11H20N2O3/c12-7-1-2-10(14)13-9-5-3-8(4-6-9)11(15)16/h8-9H,1-7,12H2,(H,13,14)(H,15,16). The molecule has 92 valence electrons. The van der Waals surface area contributed by atoms with Gasteiger partial charge in [-0.1, -0.05) is 0 Å². The minimum absolute atomic E-state index is 0.0317. The first-order chi connectivity index (χ1) is 7.63. The van der Waals surface area contributed by atoms with Gasteiger partial charge in [-0.3, -0.25) is 9.59 Å². The molecule has 0 radical (unpaired) electrons. The number of carboxylic acid groups (broad SMARTS) is 1. The third-order valence-corrected chi connectivity index (χ3v) is 3.05. The fourth-order valence-corrected chi connectivity index (χ4v) is 2.05. The van der Waals surface area contributed by atoms with E-state index in [1.54, 1.807) is 0 Å². The molecule has 1 aliphatic carbocycles. The second-order valence-corrected chi connectivity index (χ2v) is 4.35. The van der Waals surface area contributed by atoms with Crippen LogP contribution in [0.4, 0.5) is 0 Å². The highest BCUT2D eigenvalue weighted by Crippen LogP contribution is 2.24. The summed E-state index contributed by atoms with van der Waals surface area (Å²) in [6.45, 7) is 0.527. The van der Waals surface area contributed by atoms with E-state index in [1.807, 2.05) is 0 Å². The predicted molar refractivity (Wildman–Crippen MR) is 59.8 cm³/mol. The molecule has 1 fully saturated rings. The van der Waals surface area contributed by atoms with Crippen molar-refractivity contribution in [3.8, 4) is 0 Å². The van der Waals surface area contributed by atoms with Crippen LogP contribution in [-0.2, 0) is 9.59 Å². The van der Waals surface area contributed by atoms with Crippen molar-refractivity contribution in [3.63, 3.8) is 0 Å². The Bertz CT molecular complexity index is 248. The van der Waals surface area contributed by atoms with Gasteiger partial charge in [-0.25, -0.2) is 0 Å². The molecule has 1 aliphatic rings. The van der Waals surface area contributed by atoms with Crippen molar-refractivity contribution in [3.05, 3.63) is 0 Å². The number of carboxylic acids is 1. The van der Waals surface area contributed by atoms with Crippen molar-refractivity contribution in [2.45, 2.75) is 44.6 Å². The Morgan fingerprint density at radius 3 is 2.38 bits per heavy atom. The summed E-state index contributed by atoms with van der Waals surface area (Å²) in [4.78, 5) is 22.1. The molecule has 1 rings (SSSR count). The number of carbonyl (C=O) groups excluding carboxylic acids is 1. The lowest BCUT2D eigenvalue weighted by molar-refractivity contribution is -0.142. The second-order valence-electron chi connectivity index (χ2n) is 4.35. The van der Waals surface area contributed by atoms with Crippen molar-refractivity contribution < 1.29 is 14.7 Å². The quantitative estimate of drug-likeness (QED) is 0.638. The largest absolute Gasteiger partial charge is 0.481 e. The van der Waals surface area contributed by atoms with Crippen molar-refractivity contribution in [1.29, 1.82) is 0 Å². The van der Waals surface area contributed by atoms with Crippen LogP contribution < -0.4 is 11.1 Å². The summed E-state index contributed by atoms with van der Waals surface area (Å²) in [5.74, 6) is -0.908. The SMILES string of the molecule is NCCCC(=O)NC1CCC(C(=O)O)CC1. The van der Waals surface area contributed by atoms with Gasteiger partial charge in [-0.2, -0.15) is 0 Å². The maximum atomic E-state index is 11.4. The van der Waals surface area contributed by atoms with Crippen LogP contribution in [0, 0.1) is 5.92 Å². The van der Waals surface area contributed by atoms with Gasteiger partial charge in [0.1, 0.15) is 0 Å². The zero-order chi connectivity index (χ0) is 12.0. The fraction of sp³-hybridized carbons (Fsp3) is 0.818. The highest BCUT2D eigenvalue weighted by Gasteiger charge is 2.26. The number of carbonyl (C=O) groups is 2. The first-order valence-electron chi connectivity index (χ1n) is 5.85. The average Bonchev–Trinajstić information content (AvgIpc) is 2.27. The van der Waals surface area contributed by atoms with Crippen molar-refractivity contribution in [2.24, 2.45) is 11.7 Å². The van der Waals surface area contributed by atoms with E-state index in [4.69, 9.17) is 10.8 Å². The molecule has 0 spiro atoms. The van der Waals surface area contributed by atoms with Crippen molar-refractivity contribution in [2.75, 3.05) is 6.54 Å². The smallest absolute Gasteiger partial charge is 0.306 e. The first-order valence-corrected chi connectivity index (χ1v) is 5.85. The summed E-state index contributed by atoms with van der Waals surface area (Å²) in [7, 11) is 0. The summed E-state index contributed by atoms with van der Waals surface area (Å²) in [6.07, 6.45) is 4.04. The molecule has 0 atom stereocenters. The molecule has 0 aromatic carbocycles. The molecule has 16 heavy (non-hydrogen) atoms. The number of aliphatic carboxylic acids is 1. The molecule has 0 aromatic rings. The molecule has 5 heteroatoms. The zero-order valence-corrected chi connectivity index (χ0v) is 9.45. The average molecular weight is 228 g/mol. The molecule has 0 aliphatic heterocycles. The summed E-state index contributed by atoms with van der Waals surface area (Å²) >= 11 is 0. The van der Waals surface area contributed by atoms with E-state index >= 15 is 0 Å². The Balaban J connectivity index is 2.21. The lowest BCUT2D eigenvalue weighted by atomic mass is 9.86. The molecule has 4 N–H and O–H groups in total. The third-order valence-electron chi connectivity index (χ3n) is 3.05. The second kappa shape index (κ2) is 6.48. The van der Waals surface area contributed by atoms with Gasteiger partial charge < -0.3 is 16.2 Å². The maximum Gasteiger partial charge on any atom is 0.306 e. The highest BCUT2D eigenvalue weighted by molar-refractivity contribution is 5.76. The topological polar surface area (TPSA) is 92.4 Å². The van der Waals surface area contributed by atoms with Crippen molar-refractivity contribution >= 4 is 11.9 Å². The van der Waals surface area contributed by atoms with Crippen LogP contribution in [0.3, 0.4) is 0 Å². The van der Waals surface area contributed by atoms with Gasteiger partial charge in [0.15, 0.2) is 0 Å². The lowest BCUT2D eigenvalue weighted by Crippen LogP contribution is -2.38. The Kier molecular flexibility index (Phi) is 5.25. The summed E-state index contributed by atoms with van der Waals surface area (Å²) in [5, 5.41) is 11.7. The number of rotatable bonds is 5. The number of hydrogen-bond donors (Lipinski definition) is 3. The Labute approximate surface area is 95.4 Å². The zero-order valence-electron chi connectivity index (χ0n) is 9.45. The van der Waals surface area contributed by atoms with Crippen LogP contribution in [0.25, 0.3) is 0 Å². The van der Waals surface area contributed by atoms with E-state index in [1.165, 1.54) is 0 Å². The van der Waals surface area contributed by atoms with Gasteiger partial charge >= 0.3 is 5.97 Å².